The zero-order valence-electron chi connectivity index (χ0n) is 16.2. The van der Waals surface area contributed by atoms with Gasteiger partial charge in [0.2, 0.25) is 0 Å². The molecule has 1 aromatic rings. The molecule has 0 saturated heterocycles. The van der Waals surface area contributed by atoms with Gasteiger partial charge in [0.25, 0.3) is 0 Å². The fourth-order valence-corrected chi connectivity index (χ4v) is 4.13. The van der Waals surface area contributed by atoms with Crippen LogP contribution in [0.25, 0.3) is 0 Å². The van der Waals surface area contributed by atoms with Gasteiger partial charge in [-0.05, 0) is 31.6 Å². The second-order valence-corrected chi connectivity index (χ2v) is 7.49. The Labute approximate surface area is 175 Å². The summed E-state index contributed by atoms with van der Waals surface area (Å²) in [5.41, 5.74) is 0. The molecule has 0 bridgehead atoms. The highest BCUT2D eigenvalue weighted by molar-refractivity contribution is 14.0. The molecule has 6 nitrogen and oxygen atoms in total. The summed E-state index contributed by atoms with van der Waals surface area (Å²) >= 11 is 0. The molecule has 2 aliphatic rings. The molecule has 1 saturated carbocycles. The van der Waals surface area contributed by atoms with E-state index in [4.69, 9.17) is 0 Å². The Morgan fingerprint density at radius 3 is 2.69 bits per heavy atom. The summed E-state index contributed by atoms with van der Waals surface area (Å²) in [6.07, 6.45) is 14.6. The topological polar surface area (TPSA) is 67.1 Å². The molecule has 0 spiro atoms. The number of fused-ring (bicyclic) bond motifs is 1. The molecule has 0 unspecified atom stereocenters. The Morgan fingerprint density at radius 2 is 1.88 bits per heavy atom. The molecule has 148 valence electrons. The van der Waals surface area contributed by atoms with Crippen LogP contribution in [-0.2, 0) is 19.5 Å². The van der Waals surface area contributed by atoms with E-state index in [0.717, 1.165) is 43.0 Å². The SMILES string of the molecule is CN=C(NCCCC1CCCCC1)NCc1nnc2n1CCCCC2.I. The van der Waals surface area contributed by atoms with Crippen molar-refractivity contribution in [3.05, 3.63) is 11.6 Å². The van der Waals surface area contributed by atoms with Crippen LogP contribution in [0.1, 0.15) is 75.9 Å². The summed E-state index contributed by atoms with van der Waals surface area (Å²) in [5.74, 6) is 4.00. The number of nitrogens with one attached hydrogen (secondary N) is 2. The van der Waals surface area contributed by atoms with Crippen LogP contribution in [0, 0.1) is 5.92 Å². The molecule has 1 aliphatic carbocycles. The lowest BCUT2D eigenvalue weighted by molar-refractivity contribution is 0.332. The van der Waals surface area contributed by atoms with Gasteiger partial charge in [0.05, 0.1) is 6.54 Å². The number of hydrogen-bond donors (Lipinski definition) is 2. The van der Waals surface area contributed by atoms with Gasteiger partial charge in [-0.1, -0.05) is 38.5 Å². The highest BCUT2D eigenvalue weighted by atomic mass is 127. The van der Waals surface area contributed by atoms with E-state index in [2.05, 4.69) is 30.4 Å². The van der Waals surface area contributed by atoms with Gasteiger partial charge in [-0.25, -0.2) is 0 Å². The van der Waals surface area contributed by atoms with Gasteiger partial charge < -0.3 is 15.2 Å². The molecule has 1 aliphatic heterocycles. The summed E-state index contributed by atoms with van der Waals surface area (Å²) in [6, 6.07) is 0. The molecule has 7 heteroatoms. The van der Waals surface area contributed by atoms with E-state index in [1.807, 2.05) is 7.05 Å². The standard InChI is InChI=1S/C19H34N6.HI/c1-20-19(21-13-8-11-16-9-4-2-5-10-16)22-15-18-24-23-17-12-6-3-7-14-25(17)18;/h16H,2-15H2,1H3,(H2,20,21,22);1H. The Morgan fingerprint density at radius 1 is 1.08 bits per heavy atom. The van der Waals surface area contributed by atoms with Crippen LogP contribution in [0.2, 0.25) is 0 Å². The zero-order chi connectivity index (χ0) is 17.3. The monoisotopic (exact) mass is 474 g/mol. The van der Waals surface area contributed by atoms with E-state index < -0.39 is 0 Å². The smallest absolute Gasteiger partial charge is 0.191 e. The van der Waals surface area contributed by atoms with Crippen LogP contribution in [0.3, 0.4) is 0 Å². The molecule has 0 radical (unpaired) electrons. The lowest BCUT2D eigenvalue weighted by Gasteiger charge is -2.21. The van der Waals surface area contributed by atoms with Crippen molar-refractivity contribution >= 4 is 29.9 Å². The van der Waals surface area contributed by atoms with E-state index >= 15 is 0 Å². The third-order valence-electron chi connectivity index (χ3n) is 5.63. The van der Waals surface area contributed by atoms with Gasteiger partial charge in [-0.3, -0.25) is 4.99 Å². The molecule has 0 amide bonds. The highest BCUT2D eigenvalue weighted by Gasteiger charge is 2.15. The predicted molar refractivity (Wildman–Crippen MR) is 117 cm³/mol. The average Bonchev–Trinajstić information content (AvgIpc) is 2.88. The lowest BCUT2D eigenvalue weighted by atomic mass is 9.86. The zero-order valence-corrected chi connectivity index (χ0v) is 18.5. The summed E-state index contributed by atoms with van der Waals surface area (Å²) in [5, 5.41) is 15.6. The minimum absolute atomic E-state index is 0. The number of aliphatic imine (C=N–C) groups is 1. The fraction of sp³-hybridized carbons (Fsp3) is 0.842. The largest absolute Gasteiger partial charge is 0.356 e. The van der Waals surface area contributed by atoms with Gasteiger partial charge in [-0.15, -0.1) is 34.2 Å². The summed E-state index contributed by atoms with van der Waals surface area (Å²) in [4.78, 5) is 4.34. The van der Waals surface area contributed by atoms with Gasteiger partial charge in [0.15, 0.2) is 11.8 Å². The van der Waals surface area contributed by atoms with E-state index in [0.29, 0.717) is 6.54 Å². The average molecular weight is 474 g/mol. The van der Waals surface area contributed by atoms with Crippen molar-refractivity contribution in [2.24, 2.45) is 10.9 Å². The van der Waals surface area contributed by atoms with Crippen molar-refractivity contribution in [1.29, 1.82) is 0 Å². The number of halogens is 1. The number of aryl methyl sites for hydroxylation is 1. The Bertz CT molecular complexity index is 550. The first-order valence-electron chi connectivity index (χ1n) is 10.2. The molecular weight excluding hydrogens is 439 g/mol. The van der Waals surface area contributed by atoms with Crippen LogP contribution in [0.4, 0.5) is 0 Å². The number of rotatable bonds is 6. The first-order valence-corrected chi connectivity index (χ1v) is 10.2. The lowest BCUT2D eigenvalue weighted by Crippen LogP contribution is -2.38. The van der Waals surface area contributed by atoms with E-state index in [-0.39, 0.29) is 24.0 Å². The van der Waals surface area contributed by atoms with E-state index in [9.17, 15) is 0 Å². The van der Waals surface area contributed by atoms with Crippen LogP contribution < -0.4 is 10.6 Å². The second kappa shape index (κ2) is 11.8. The summed E-state index contributed by atoms with van der Waals surface area (Å²) < 4.78 is 2.29. The second-order valence-electron chi connectivity index (χ2n) is 7.49. The van der Waals surface area contributed by atoms with Crippen molar-refractivity contribution in [2.75, 3.05) is 13.6 Å². The highest BCUT2D eigenvalue weighted by Crippen LogP contribution is 2.26. The van der Waals surface area contributed by atoms with Crippen LogP contribution in [0.15, 0.2) is 4.99 Å². The van der Waals surface area contributed by atoms with Crippen molar-refractivity contribution < 1.29 is 0 Å². The van der Waals surface area contributed by atoms with Crippen LogP contribution in [-0.4, -0.2) is 34.3 Å². The Kier molecular flexibility index (Phi) is 9.71. The predicted octanol–water partition coefficient (Wildman–Crippen LogP) is 3.65. The molecule has 2 heterocycles. The third-order valence-corrected chi connectivity index (χ3v) is 5.63. The molecule has 1 fully saturated rings. The fourth-order valence-electron chi connectivity index (χ4n) is 4.13. The number of aromatic nitrogens is 3. The number of nitrogens with zero attached hydrogens (tertiary/aromatic N) is 4. The molecule has 0 atom stereocenters. The van der Waals surface area contributed by atoms with Gasteiger partial charge in [0.1, 0.15) is 5.82 Å². The molecule has 26 heavy (non-hydrogen) atoms. The molecule has 2 N–H and O–H groups in total. The maximum atomic E-state index is 4.37. The van der Waals surface area contributed by atoms with E-state index in [1.165, 1.54) is 64.2 Å². The minimum atomic E-state index is 0. The van der Waals surface area contributed by atoms with Crippen LogP contribution in [0.5, 0.6) is 0 Å². The van der Waals surface area contributed by atoms with Crippen molar-refractivity contribution in [2.45, 2.75) is 83.7 Å². The van der Waals surface area contributed by atoms with Crippen molar-refractivity contribution in [1.82, 2.24) is 25.4 Å². The normalized spacial score (nSPS) is 18.6. The first kappa shape index (κ1) is 21.4. The number of guanidine groups is 1. The number of hydrogen-bond acceptors (Lipinski definition) is 3. The minimum Gasteiger partial charge on any atom is -0.356 e. The van der Waals surface area contributed by atoms with Crippen LogP contribution >= 0.6 is 24.0 Å². The third kappa shape index (κ3) is 6.39. The molecule has 3 rings (SSSR count). The Balaban J connectivity index is 0.00000243. The van der Waals surface area contributed by atoms with Gasteiger partial charge in [0, 0.05) is 26.6 Å². The molecular formula is C19H35IN6. The maximum absolute atomic E-state index is 4.37. The first-order chi connectivity index (χ1) is 12.4. The summed E-state index contributed by atoms with van der Waals surface area (Å²) in [6.45, 7) is 2.73. The quantitative estimate of drug-likeness (QED) is 0.286. The Hall–Kier alpha value is -0.860. The maximum Gasteiger partial charge on any atom is 0.191 e. The van der Waals surface area contributed by atoms with Crippen molar-refractivity contribution in [3.63, 3.8) is 0 Å². The summed E-state index contributed by atoms with van der Waals surface area (Å²) in [7, 11) is 1.83. The molecule has 0 aromatic carbocycles. The van der Waals surface area contributed by atoms with E-state index in [1.54, 1.807) is 0 Å². The van der Waals surface area contributed by atoms with Gasteiger partial charge in [-0.2, -0.15) is 0 Å². The van der Waals surface area contributed by atoms with Crippen molar-refractivity contribution in [3.8, 4) is 0 Å². The van der Waals surface area contributed by atoms with Gasteiger partial charge >= 0.3 is 0 Å². The molecule has 1 aromatic heterocycles.